The van der Waals surface area contributed by atoms with E-state index >= 15 is 0 Å². The lowest BCUT2D eigenvalue weighted by Gasteiger charge is -2.47. The molecule has 0 amide bonds. The molecule has 104 valence electrons. The van der Waals surface area contributed by atoms with Gasteiger partial charge in [-0.1, -0.05) is 12.1 Å². The molecule has 19 heavy (non-hydrogen) atoms. The summed E-state index contributed by atoms with van der Waals surface area (Å²) in [6.07, 6.45) is 4.95. The second-order valence-electron chi connectivity index (χ2n) is 5.50. The van der Waals surface area contributed by atoms with Crippen LogP contribution in [0, 0.1) is 5.82 Å². The third kappa shape index (κ3) is 2.47. The molecule has 1 atom stereocenters. The molecule has 1 unspecified atom stereocenters. The van der Waals surface area contributed by atoms with Crippen LogP contribution in [0.15, 0.2) is 18.2 Å². The second kappa shape index (κ2) is 5.10. The Morgan fingerprint density at radius 3 is 2.95 bits per heavy atom. The number of benzene rings is 1. The maximum absolute atomic E-state index is 13.8. The second-order valence-corrected chi connectivity index (χ2v) is 5.50. The molecule has 0 aromatic heterocycles. The molecule has 2 aliphatic rings. The van der Waals surface area contributed by atoms with Crippen molar-refractivity contribution in [3.63, 3.8) is 0 Å². The Balaban J connectivity index is 1.74. The lowest BCUT2D eigenvalue weighted by Crippen LogP contribution is -2.48. The van der Waals surface area contributed by atoms with Crippen LogP contribution < -0.4 is 4.74 Å². The van der Waals surface area contributed by atoms with Gasteiger partial charge in [0.1, 0.15) is 6.10 Å². The van der Waals surface area contributed by atoms with Crippen molar-refractivity contribution in [1.82, 2.24) is 0 Å². The number of aliphatic hydroxyl groups is 1. The Morgan fingerprint density at radius 2 is 2.26 bits per heavy atom. The number of ether oxygens (including phenoxy) is 2. The normalized spacial score (nSPS) is 25.1. The van der Waals surface area contributed by atoms with Crippen molar-refractivity contribution in [2.75, 3.05) is 6.61 Å². The van der Waals surface area contributed by atoms with Crippen LogP contribution in [0.2, 0.25) is 0 Å². The smallest absolute Gasteiger partial charge is 0.165 e. The summed E-state index contributed by atoms with van der Waals surface area (Å²) >= 11 is 0. The molecule has 1 N–H and O–H groups in total. The predicted octanol–water partition coefficient (Wildman–Crippen LogP) is 2.80. The Hall–Kier alpha value is -1.13. The standard InChI is InChI=1S/C15H19FO3/c16-13-4-1-3-11(10-17)14(13)19-12-5-8-18-15(9-12)6-2-7-15/h1,3-4,12,17H,2,5-10H2. The van der Waals surface area contributed by atoms with Crippen LogP contribution in [-0.4, -0.2) is 23.4 Å². The van der Waals surface area contributed by atoms with E-state index in [0.29, 0.717) is 12.2 Å². The molecule has 0 radical (unpaired) electrons. The van der Waals surface area contributed by atoms with Crippen LogP contribution in [0.5, 0.6) is 5.75 Å². The molecule has 0 bridgehead atoms. The summed E-state index contributed by atoms with van der Waals surface area (Å²) in [7, 11) is 0. The minimum atomic E-state index is -0.402. The molecular formula is C15H19FO3. The Kier molecular flexibility index (Phi) is 3.46. The van der Waals surface area contributed by atoms with Crippen LogP contribution in [0.1, 0.15) is 37.7 Å². The summed E-state index contributed by atoms with van der Waals surface area (Å²) < 4.78 is 25.5. The van der Waals surface area contributed by atoms with Crippen LogP contribution in [0.25, 0.3) is 0 Å². The quantitative estimate of drug-likeness (QED) is 0.914. The highest BCUT2D eigenvalue weighted by molar-refractivity contribution is 5.34. The Morgan fingerprint density at radius 1 is 1.42 bits per heavy atom. The first-order valence-corrected chi connectivity index (χ1v) is 6.91. The van der Waals surface area contributed by atoms with E-state index in [0.717, 1.165) is 25.7 Å². The van der Waals surface area contributed by atoms with Gasteiger partial charge in [-0.3, -0.25) is 0 Å². The number of hydrogen-bond acceptors (Lipinski definition) is 3. The van der Waals surface area contributed by atoms with E-state index in [-0.39, 0.29) is 24.1 Å². The zero-order valence-corrected chi connectivity index (χ0v) is 10.9. The van der Waals surface area contributed by atoms with Gasteiger partial charge in [-0.05, 0) is 25.3 Å². The summed E-state index contributed by atoms with van der Waals surface area (Å²) in [4.78, 5) is 0. The van der Waals surface area contributed by atoms with Gasteiger partial charge in [0.05, 0.1) is 18.8 Å². The topological polar surface area (TPSA) is 38.7 Å². The first kappa shape index (κ1) is 12.9. The lowest BCUT2D eigenvalue weighted by molar-refractivity contribution is -0.154. The van der Waals surface area contributed by atoms with Crippen LogP contribution >= 0.6 is 0 Å². The van der Waals surface area contributed by atoms with Gasteiger partial charge in [-0.15, -0.1) is 0 Å². The fourth-order valence-corrected chi connectivity index (χ4v) is 2.98. The Labute approximate surface area is 112 Å². The van der Waals surface area contributed by atoms with Gasteiger partial charge in [-0.25, -0.2) is 4.39 Å². The van der Waals surface area contributed by atoms with Gasteiger partial charge in [-0.2, -0.15) is 0 Å². The number of para-hydroxylation sites is 1. The van der Waals surface area contributed by atoms with E-state index in [1.54, 1.807) is 12.1 Å². The van der Waals surface area contributed by atoms with Crippen molar-refractivity contribution in [1.29, 1.82) is 0 Å². The number of aliphatic hydroxyl groups excluding tert-OH is 1. The van der Waals surface area contributed by atoms with Crippen LogP contribution in [-0.2, 0) is 11.3 Å². The minimum Gasteiger partial charge on any atom is -0.487 e. The van der Waals surface area contributed by atoms with Gasteiger partial charge in [0.2, 0.25) is 0 Å². The lowest BCUT2D eigenvalue weighted by atomic mass is 9.74. The van der Waals surface area contributed by atoms with Crippen molar-refractivity contribution < 1.29 is 19.0 Å². The molecule has 3 nitrogen and oxygen atoms in total. The molecular weight excluding hydrogens is 247 g/mol. The van der Waals surface area contributed by atoms with Crippen molar-refractivity contribution in [2.24, 2.45) is 0 Å². The average Bonchev–Trinajstić information content (AvgIpc) is 2.40. The van der Waals surface area contributed by atoms with Gasteiger partial charge in [0, 0.05) is 18.4 Å². The van der Waals surface area contributed by atoms with Gasteiger partial charge in [0.15, 0.2) is 11.6 Å². The zero-order chi connectivity index (χ0) is 13.3. The molecule has 1 spiro atoms. The minimum absolute atomic E-state index is 0.0174. The summed E-state index contributed by atoms with van der Waals surface area (Å²) in [5, 5.41) is 9.26. The highest BCUT2D eigenvalue weighted by Crippen LogP contribution is 2.43. The number of hydrogen-bond donors (Lipinski definition) is 1. The first-order valence-electron chi connectivity index (χ1n) is 6.91. The predicted molar refractivity (Wildman–Crippen MR) is 68.5 cm³/mol. The molecule has 4 heteroatoms. The van der Waals surface area contributed by atoms with Crippen molar-refractivity contribution in [2.45, 2.75) is 50.4 Å². The SMILES string of the molecule is OCc1cccc(F)c1OC1CCOC2(CCC2)C1. The van der Waals surface area contributed by atoms with Gasteiger partial charge < -0.3 is 14.6 Å². The molecule has 1 aromatic carbocycles. The number of halogens is 1. The van der Waals surface area contributed by atoms with Crippen LogP contribution in [0.4, 0.5) is 4.39 Å². The van der Waals surface area contributed by atoms with E-state index in [1.807, 2.05) is 0 Å². The van der Waals surface area contributed by atoms with E-state index in [4.69, 9.17) is 9.47 Å². The molecule has 1 heterocycles. The van der Waals surface area contributed by atoms with E-state index in [9.17, 15) is 9.50 Å². The number of rotatable bonds is 3. The van der Waals surface area contributed by atoms with Crippen molar-refractivity contribution >= 4 is 0 Å². The highest BCUT2D eigenvalue weighted by Gasteiger charge is 2.43. The summed E-state index contributed by atoms with van der Waals surface area (Å²) in [5.41, 5.74) is 0.488. The fourth-order valence-electron chi connectivity index (χ4n) is 2.98. The van der Waals surface area contributed by atoms with E-state index in [1.165, 1.54) is 12.5 Å². The maximum Gasteiger partial charge on any atom is 0.165 e. The molecule has 2 fully saturated rings. The van der Waals surface area contributed by atoms with Crippen LogP contribution in [0.3, 0.4) is 0 Å². The summed E-state index contributed by atoms with van der Waals surface area (Å²) in [6, 6.07) is 4.65. The third-order valence-electron chi connectivity index (χ3n) is 4.22. The highest BCUT2D eigenvalue weighted by atomic mass is 19.1. The summed E-state index contributed by atoms with van der Waals surface area (Å²) in [5.74, 6) is -0.202. The largest absolute Gasteiger partial charge is 0.487 e. The van der Waals surface area contributed by atoms with E-state index in [2.05, 4.69) is 0 Å². The molecule has 1 saturated heterocycles. The molecule has 1 saturated carbocycles. The van der Waals surface area contributed by atoms with Gasteiger partial charge in [0.25, 0.3) is 0 Å². The maximum atomic E-state index is 13.8. The molecule has 1 aliphatic heterocycles. The van der Waals surface area contributed by atoms with Gasteiger partial charge >= 0.3 is 0 Å². The average molecular weight is 266 g/mol. The van der Waals surface area contributed by atoms with Crippen molar-refractivity contribution in [3.8, 4) is 5.75 Å². The Bertz CT molecular complexity index is 457. The summed E-state index contributed by atoms with van der Waals surface area (Å²) in [6.45, 7) is 0.467. The molecule has 1 aliphatic carbocycles. The zero-order valence-electron chi connectivity index (χ0n) is 10.9. The first-order chi connectivity index (χ1) is 9.22. The van der Waals surface area contributed by atoms with E-state index < -0.39 is 5.82 Å². The monoisotopic (exact) mass is 266 g/mol. The van der Waals surface area contributed by atoms with Crippen molar-refractivity contribution in [3.05, 3.63) is 29.6 Å². The third-order valence-corrected chi connectivity index (χ3v) is 4.22. The molecule has 3 rings (SSSR count). The molecule has 1 aromatic rings. The fraction of sp³-hybridized carbons (Fsp3) is 0.600.